The summed E-state index contributed by atoms with van der Waals surface area (Å²) in [6, 6.07) is 2.55. The first-order valence-corrected chi connectivity index (χ1v) is 11.0. The molecule has 1 nitrogen and oxygen atoms in total. The van der Waals surface area contributed by atoms with Crippen LogP contribution in [0.25, 0.3) is 0 Å². The van der Waals surface area contributed by atoms with Crippen LogP contribution in [0.2, 0.25) is 0 Å². The molecule has 0 bridgehead atoms. The summed E-state index contributed by atoms with van der Waals surface area (Å²) in [5.74, 6) is 7.60. The first-order chi connectivity index (χ1) is 13.2. The van der Waals surface area contributed by atoms with E-state index in [0.29, 0.717) is 5.92 Å². The maximum atomic E-state index is 13.6. The molecule has 0 spiro atoms. The maximum absolute atomic E-state index is 13.6. The second-order valence-corrected chi connectivity index (χ2v) is 8.63. The second-order valence-electron chi connectivity index (χ2n) is 8.63. The quantitative estimate of drug-likeness (QED) is 0.311. The maximum Gasteiger partial charge on any atom is 0.231 e. The summed E-state index contributed by atoms with van der Waals surface area (Å²) >= 11 is 0. The van der Waals surface area contributed by atoms with Crippen LogP contribution in [0.1, 0.15) is 89.5 Å². The monoisotopic (exact) mass is 373 g/mol. The molecule has 0 saturated heterocycles. The van der Waals surface area contributed by atoms with Gasteiger partial charge in [-0.1, -0.05) is 57.3 Å². The standard InChI is InChI=1S/C24H33F2N/c1-2-3-4-5-18-6-11-20(12-7-18)21-13-8-19(9-14-21)10-15-22-16-17-23(25)27-24(22)26/h16-21H,2-9,11-14H2,1H3/t18-,19-,20-,21-. The fourth-order valence-corrected chi connectivity index (χ4v) is 5.05. The molecule has 0 aromatic carbocycles. The van der Waals surface area contributed by atoms with Gasteiger partial charge in [0, 0.05) is 5.92 Å². The van der Waals surface area contributed by atoms with Gasteiger partial charge in [-0.05, 0) is 68.4 Å². The van der Waals surface area contributed by atoms with Crippen LogP contribution < -0.4 is 0 Å². The third-order valence-corrected chi connectivity index (χ3v) is 6.77. The Labute approximate surface area is 163 Å². The summed E-state index contributed by atoms with van der Waals surface area (Å²) in [6.07, 6.45) is 16.0. The number of pyridine rings is 1. The van der Waals surface area contributed by atoms with Gasteiger partial charge >= 0.3 is 0 Å². The largest absolute Gasteiger partial charge is 0.231 e. The van der Waals surface area contributed by atoms with E-state index in [2.05, 4.69) is 23.7 Å². The molecule has 0 unspecified atom stereocenters. The summed E-state index contributed by atoms with van der Waals surface area (Å²) in [5.41, 5.74) is 0.208. The van der Waals surface area contributed by atoms with Crippen molar-refractivity contribution in [3.63, 3.8) is 0 Å². The molecule has 0 amide bonds. The molecule has 2 saturated carbocycles. The third-order valence-electron chi connectivity index (χ3n) is 6.77. The van der Waals surface area contributed by atoms with Crippen LogP contribution in [-0.4, -0.2) is 4.98 Å². The van der Waals surface area contributed by atoms with Gasteiger partial charge in [0.15, 0.2) is 0 Å². The van der Waals surface area contributed by atoms with E-state index in [-0.39, 0.29) is 5.56 Å². The van der Waals surface area contributed by atoms with Crippen molar-refractivity contribution in [3.8, 4) is 11.8 Å². The molecule has 0 N–H and O–H groups in total. The predicted octanol–water partition coefficient (Wildman–Crippen LogP) is 6.90. The molecule has 27 heavy (non-hydrogen) atoms. The first kappa shape index (κ1) is 20.3. The Bertz CT molecular complexity index is 644. The zero-order valence-corrected chi connectivity index (χ0v) is 16.7. The lowest BCUT2D eigenvalue weighted by Crippen LogP contribution is -2.25. The highest BCUT2D eigenvalue weighted by Crippen LogP contribution is 2.42. The van der Waals surface area contributed by atoms with Crippen LogP contribution in [0.4, 0.5) is 8.78 Å². The molecule has 3 heteroatoms. The number of rotatable bonds is 5. The van der Waals surface area contributed by atoms with Gasteiger partial charge < -0.3 is 0 Å². The predicted molar refractivity (Wildman–Crippen MR) is 106 cm³/mol. The average molecular weight is 374 g/mol. The van der Waals surface area contributed by atoms with Crippen molar-refractivity contribution in [2.45, 2.75) is 84.0 Å². The van der Waals surface area contributed by atoms with Crippen LogP contribution in [0.3, 0.4) is 0 Å². The molecular weight excluding hydrogens is 340 g/mol. The van der Waals surface area contributed by atoms with E-state index in [1.54, 1.807) is 0 Å². The molecule has 0 aliphatic heterocycles. The van der Waals surface area contributed by atoms with Gasteiger partial charge in [0.05, 0.1) is 5.56 Å². The highest BCUT2D eigenvalue weighted by Gasteiger charge is 2.30. The van der Waals surface area contributed by atoms with E-state index >= 15 is 0 Å². The van der Waals surface area contributed by atoms with Crippen LogP contribution in [-0.2, 0) is 0 Å². The van der Waals surface area contributed by atoms with E-state index in [4.69, 9.17) is 0 Å². The van der Waals surface area contributed by atoms with Crippen molar-refractivity contribution in [1.29, 1.82) is 0 Å². The Balaban J connectivity index is 1.41. The van der Waals surface area contributed by atoms with Gasteiger partial charge in [-0.25, -0.2) is 0 Å². The molecule has 1 heterocycles. The minimum Gasteiger partial charge on any atom is -0.189 e. The summed E-state index contributed by atoms with van der Waals surface area (Å²) in [7, 11) is 0. The Hall–Kier alpha value is -1.43. The van der Waals surface area contributed by atoms with Gasteiger partial charge in [-0.2, -0.15) is 13.8 Å². The van der Waals surface area contributed by atoms with Crippen molar-refractivity contribution in [2.75, 3.05) is 0 Å². The minimum atomic E-state index is -0.799. The number of hydrogen-bond acceptors (Lipinski definition) is 1. The van der Waals surface area contributed by atoms with Crippen LogP contribution in [0.15, 0.2) is 12.1 Å². The van der Waals surface area contributed by atoms with Gasteiger partial charge in [0.2, 0.25) is 11.9 Å². The SMILES string of the molecule is CCCCC[C@H]1CC[C@H]([C@H]2CC[C@H](C#Cc3ccc(F)nc3F)CC2)CC1. The van der Waals surface area contributed by atoms with Gasteiger partial charge in [0.25, 0.3) is 0 Å². The van der Waals surface area contributed by atoms with Crippen LogP contribution in [0, 0.1) is 47.4 Å². The number of unbranched alkanes of at least 4 members (excludes halogenated alkanes) is 2. The zero-order valence-electron chi connectivity index (χ0n) is 16.7. The summed E-state index contributed by atoms with van der Waals surface area (Å²) in [6.45, 7) is 2.28. The number of halogens is 2. The van der Waals surface area contributed by atoms with Gasteiger partial charge in [-0.3, -0.25) is 0 Å². The highest BCUT2D eigenvalue weighted by atomic mass is 19.1. The Morgan fingerprint density at radius 1 is 0.926 bits per heavy atom. The number of nitrogens with zero attached hydrogens (tertiary/aromatic N) is 1. The smallest absolute Gasteiger partial charge is 0.189 e. The fourth-order valence-electron chi connectivity index (χ4n) is 5.05. The van der Waals surface area contributed by atoms with E-state index in [1.807, 2.05) is 0 Å². The van der Waals surface area contributed by atoms with E-state index < -0.39 is 11.9 Å². The summed E-state index contributed by atoms with van der Waals surface area (Å²) in [4.78, 5) is 3.20. The lowest BCUT2D eigenvalue weighted by Gasteiger charge is -2.37. The molecule has 3 rings (SSSR count). The van der Waals surface area contributed by atoms with Crippen molar-refractivity contribution < 1.29 is 8.78 Å². The van der Waals surface area contributed by atoms with Crippen LogP contribution in [0.5, 0.6) is 0 Å². The Morgan fingerprint density at radius 3 is 2.22 bits per heavy atom. The second kappa shape index (κ2) is 10.2. The topological polar surface area (TPSA) is 12.9 Å². The number of aromatic nitrogens is 1. The fraction of sp³-hybridized carbons (Fsp3) is 0.708. The van der Waals surface area contributed by atoms with Crippen molar-refractivity contribution in [1.82, 2.24) is 4.98 Å². The molecule has 0 radical (unpaired) electrons. The third kappa shape index (κ3) is 6.03. The van der Waals surface area contributed by atoms with E-state index in [1.165, 1.54) is 76.3 Å². The van der Waals surface area contributed by atoms with Crippen LogP contribution >= 0.6 is 0 Å². The summed E-state index contributed by atoms with van der Waals surface area (Å²) < 4.78 is 26.5. The zero-order chi connectivity index (χ0) is 19.1. The number of hydrogen-bond donors (Lipinski definition) is 0. The minimum absolute atomic E-state index is 0.208. The highest BCUT2D eigenvalue weighted by molar-refractivity contribution is 5.33. The van der Waals surface area contributed by atoms with E-state index in [9.17, 15) is 8.78 Å². The normalized spacial score (nSPS) is 28.4. The molecule has 1 aromatic rings. The van der Waals surface area contributed by atoms with Gasteiger partial charge in [0.1, 0.15) is 0 Å². The van der Waals surface area contributed by atoms with Crippen molar-refractivity contribution in [2.24, 2.45) is 23.7 Å². The molecule has 2 aliphatic rings. The molecule has 2 fully saturated rings. The lowest BCUT2D eigenvalue weighted by atomic mass is 9.69. The lowest BCUT2D eigenvalue weighted by molar-refractivity contribution is 0.153. The summed E-state index contributed by atoms with van der Waals surface area (Å²) in [5, 5.41) is 0. The molecular formula is C24H33F2N. The van der Waals surface area contributed by atoms with Crippen molar-refractivity contribution >= 4 is 0 Å². The molecule has 2 aliphatic carbocycles. The van der Waals surface area contributed by atoms with E-state index in [0.717, 1.165) is 30.6 Å². The first-order valence-electron chi connectivity index (χ1n) is 11.0. The van der Waals surface area contributed by atoms with Crippen molar-refractivity contribution in [3.05, 3.63) is 29.6 Å². The molecule has 1 aromatic heterocycles. The molecule has 148 valence electrons. The Kier molecular flexibility index (Phi) is 7.68. The molecule has 0 atom stereocenters. The van der Waals surface area contributed by atoms with Gasteiger partial charge in [-0.15, -0.1) is 0 Å². The average Bonchev–Trinajstić information content (AvgIpc) is 2.69. The Morgan fingerprint density at radius 2 is 1.59 bits per heavy atom.